The molecular weight excluding hydrogens is 270 g/mol. The van der Waals surface area contributed by atoms with Gasteiger partial charge in [0.25, 0.3) is 0 Å². The fourth-order valence-electron chi connectivity index (χ4n) is 3.07. The van der Waals surface area contributed by atoms with E-state index >= 15 is 0 Å². The van der Waals surface area contributed by atoms with Crippen molar-refractivity contribution in [1.82, 2.24) is 4.98 Å². The highest BCUT2D eigenvalue weighted by Crippen LogP contribution is 2.28. The van der Waals surface area contributed by atoms with Crippen LogP contribution in [0.5, 0.6) is 5.75 Å². The first-order chi connectivity index (χ1) is 10.8. The molecule has 4 rings (SSSR count). The number of H-pyrrole nitrogens is 1. The van der Waals surface area contributed by atoms with Gasteiger partial charge in [-0.2, -0.15) is 0 Å². The number of methoxy groups -OCH3 is 1. The maximum Gasteiger partial charge on any atom is 0.122 e. The minimum atomic E-state index is 0.874. The van der Waals surface area contributed by atoms with E-state index in [9.17, 15) is 0 Å². The van der Waals surface area contributed by atoms with Gasteiger partial charge in [0.2, 0.25) is 0 Å². The van der Waals surface area contributed by atoms with Gasteiger partial charge in [0.1, 0.15) is 5.75 Å². The molecule has 0 saturated carbocycles. The minimum absolute atomic E-state index is 0.874. The summed E-state index contributed by atoms with van der Waals surface area (Å²) >= 11 is 0. The van der Waals surface area contributed by atoms with Crippen LogP contribution in [0.4, 0.5) is 0 Å². The molecule has 0 spiro atoms. The second kappa shape index (κ2) is 5.23. The van der Waals surface area contributed by atoms with E-state index in [0.29, 0.717) is 0 Å². The van der Waals surface area contributed by atoms with Crippen LogP contribution in [0, 0.1) is 0 Å². The Labute approximate surface area is 129 Å². The molecule has 0 aliphatic heterocycles. The zero-order valence-electron chi connectivity index (χ0n) is 12.5. The summed E-state index contributed by atoms with van der Waals surface area (Å²) in [6.07, 6.45) is 0.874. The number of fused-ring (bicyclic) bond motifs is 3. The normalized spacial score (nSPS) is 11.1. The summed E-state index contributed by atoms with van der Waals surface area (Å²) in [4.78, 5) is 3.47. The molecule has 4 aromatic rings. The molecule has 0 amide bonds. The lowest BCUT2D eigenvalue weighted by Gasteiger charge is -2.08. The van der Waals surface area contributed by atoms with Crippen molar-refractivity contribution < 1.29 is 4.74 Å². The highest BCUT2D eigenvalue weighted by molar-refractivity contribution is 6.07. The van der Waals surface area contributed by atoms with Crippen LogP contribution in [0.25, 0.3) is 21.8 Å². The zero-order valence-corrected chi connectivity index (χ0v) is 12.5. The summed E-state index contributed by atoms with van der Waals surface area (Å²) < 4.78 is 5.45. The molecule has 1 N–H and O–H groups in total. The van der Waals surface area contributed by atoms with Crippen molar-refractivity contribution in [3.05, 3.63) is 77.9 Å². The van der Waals surface area contributed by atoms with Crippen molar-refractivity contribution >= 4 is 21.8 Å². The van der Waals surface area contributed by atoms with Crippen LogP contribution < -0.4 is 4.74 Å². The average molecular weight is 287 g/mol. The summed E-state index contributed by atoms with van der Waals surface area (Å²) in [6, 6.07) is 23.3. The van der Waals surface area contributed by atoms with Gasteiger partial charge in [0.05, 0.1) is 7.11 Å². The van der Waals surface area contributed by atoms with Crippen LogP contribution >= 0.6 is 0 Å². The van der Waals surface area contributed by atoms with Gasteiger partial charge < -0.3 is 9.72 Å². The van der Waals surface area contributed by atoms with Crippen molar-refractivity contribution in [3.8, 4) is 5.75 Å². The zero-order chi connectivity index (χ0) is 14.9. The summed E-state index contributed by atoms with van der Waals surface area (Å²) in [6.45, 7) is 0. The highest BCUT2D eigenvalue weighted by atomic mass is 16.5. The van der Waals surface area contributed by atoms with E-state index in [1.807, 2.05) is 12.1 Å². The lowest BCUT2D eigenvalue weighted by Crippen LogP contribution is -1.93. The van der Waals surface area contributed by atoms with Crippen molar-refractivity contribution in [2.75, 3.05) is 7.11 Å². The van der Waals surface area contributed by atoms with Gasteiger partial charge in [-0.3, -0.25) is 0 Å². The SMILES string of the molecule is COc1ccccc1Cc1ccc2[nH]c3ccccc3c2c1. The Morgan fingerprint density at radius 3 is 2.50 bits per heavy atom. The third-order valence-corrected chi connectivity index (χ3v) is 4.16. The number of ether oxygens (including phenoxy) is 1. The Morgan fingerprint density at radius 2 is 1.59 bits per heavy atom. The Hall–Kier alpha value is -2.74. The minimum Gasteiger partial charge on any atom is -0.496 e. The third-order valence-electron chi connectivity index (χ3n) is 4.16. The van der Waals surface area contributed by atoms with E-state index in [4.69, 9.17) is 4.74 Å². The summed E-state index contributed by atoms with van der Waals surface area (Å²) in [5.74, 6) is 0.946. The van der Waals surface area contributed by atoms with E-state index in [0.717, 1.165) is 12.2 Å². The molecule has 108 valence electrons. The second-order valence-electron chi connectivity index (χ2n) is 5.54. The van der Waals surface area contributed by atoms with Crippen LogP contribution in [0.2, 0.25) is 0 Å². The number of rotatable bonds is 3. The van der Waals surface area contributed by atoms with Crippen LogP contribution in [-0.2, 0) is 6.42 Å². The quantitative estimate of drug-likeness (QED) is 0.568. The Balaban J connectivity index is 1.80. The number of aromatic amines is 1. The fourth-order valence-corrected chi connectivity index (χ4v) is 3.07. The molecule has 0 aliphatic rings. The van der Waals surface area contributed by atoms with Crippen molar-refractivity contribution in [2.45, 2.75) is 6.42 Å². The number of hydrogen-bond acceptors (Lipinski definition) is 1. The van der Waals surface area contributed by atoms with Crippen molar-refractivity contribution in [3.63, 3.8) is 0 Å². The predicted octanol–water partition coefficient (Wildman–Crippen LogP) is 4.92. The summed E-state index contributed by atoms with van der Waals surface area (Å²) in [5, 5.41) is 2.56. The fraction of sp³-hybridized carbons (Fsp3) is 0.100. The first kappa shape index (κ1) is 13.0. The van der Waals surface area contributed by atoms with E-state index < -0.39 is 0 Å². The Bertz CT molecular complexity index is 952. The Kier molecular flexibility index (Phi) is 3.08. The van der Waals surface area contributed by atoms with Gasteiger partial charge in [0.15, 0.2) is 0 Å². The number of aromatic nitrogens is 1. The van der Waals surface area contributed by atoms with E-state index in [1.54, 1.807) is 7.11 Å². The first-order valence-corrected chi connectivity index (χ1v) is 7.46. The second-order valence-corrected chi connectivity index (χ2v) is 5.54. The van der Waals surface area contributed by atoms with E-state index in [2.05, 4.69) is 59.6 Å². The molecule has 1 aromatic heterocycles. The lowest BCUT2D eigenvalue weighted by molar-refractivity contribution is 0.410. The monoisotopic (exact) mass is 287 g/mol. The van der Waals surface area contributed by atoms with Crippen LogP contribution in [-0.4, -0.2) is 12.1 Å². The molecule has 0 saturated heterocycles. The van der Waals surface area contributed by atoms with E-state index in [-0.39, 0.29) is 0 Å². The molecule has 22 heavy (non-hydrogen) atoms. The lowest BCUT2D eigenvalue weighted by atomic mass is 10.0. The standard InChI is InChI=1S/C20H17NO/c1-22-20-9-5-2-6-15(20)12-14-10-11-19-17(13-14)16-7-3-4-8-18(16)21-19/h2-11,13,21H,12H2,1H3. The van der Waals surface area contributed by atoms with Gasteiger partial charge >= 0.3 is 0 Å². The number of para-hydroxylation sites is 2. The molecule has 0 unspecified atom stereocenters. The summed E-state index contributed by atoms with van der Waals surface area (Å²) in [7, 11) is 1.72. The smallest absolute Gasteiger partial charge is 0.122 e. The van der Waals surface area contributed by atoms with E-state index in [1.165, 1.54) is 32.9 Å². The molecular formula is C20H17NO. The molecule has 0 bridgehead atoms. The molecule has 0 fully saturated rings. The molecule has 0 radical (unpaired) electrons. The number of nitrogens with one attached hydrogen (secondary N) is 1. The molecule has 1 heterocycles. The number of benzene rings is 3. The van der Waals surface area contributed by atoms with Gasteiger partial charge in [-0.25, -0.2) is 0 Å². The van der Waals surface area contributed by atoms with Crippen LogP contribution in [0.15, 0.2) is 66.7 Å². The van der Waals surface area contributed by atoms with Gasteiger partial charge in [-0.15, -0.1) is 0 Å². The molecule has 2 heteroatoms. The average Bonchev–Trinajstić information content (AvgIpc) is 2.93. The van der Waals surface area contributed by atoms with Crippen molar-refractivity contribution in [1.29, 1.82) is 0 Å². The van der Waals surface area contributed by atoms with Crippen molar-refractivity contribution in [2.24, 2.45) is 0 Å². The van der Waals surface area contributed by atoms with Crippen LogP contribution in [0.3, 0.4) is 0 Å². The third kappa shape index (κ3) is 2.13. The Morgan fingerprint density at radius 1 is 0.818 bits per heavy atom. The molecule has 0 atom stereocenters. The van der Waals surface area contributed by atoms with Gasteiger partial charge in [-0.1, -0.05) is 42.5 Å². The maximum absolute atomic E-state index is 5.45. The maximum atomic E-state index is 5.45. The van der Waals surface area contributed by atoms with Gasteiger partial charge in [0, 0.05) is 28.2 Å². The molecule has 2 nitrogen and oxygen atoms in total. The molecule has 3 aromatic carbocycles. The van der Waals surface area contributed by atoms with Crippen LogP contribution in [0.1, 0.15) is 11.1 Å². The largest absolute Gasteiger partial charge is 0.496 e. The molecule has 0 aliphatic carbocycles. The highest BCUT2D eigenvalue weighted by Gasteiger charge is 2.07. The first-order valence-electron chi connectivity index (χ1n) is 7.46. The number of hydrogen-bond donors (Lipinski definition) is 1. The summed E-state index contributed by atoms with van der Waals surface area (Å²) in [5.41, 5.74) is 4.88. The van der Waals surface area contributed by atoms with Gasteiger partial charge in [-0.05, 0) is 35.4 Å². The topological polar surface area (TPSA) is 25.0 Å². The predicted molar refractivity (Wildman–Crippen MR) is 91.6 cm³/mol.